The van der Waals surface area contributed by atoms with Gasteiger partial charge >= 0.3 is 0 Å². The van der Waals surface area contributed by atoms with Gasteiger partial charge in [0, 0.05) is 23.7 Å². The molecule has 0 N–H and O–H groups in total. The summed E-state index contributed by atoms with van der Waals surface area (Å²) in [5.74, 6) is 1.77. The van der Waals surface area contributed by atoms with Gasteiger partial charge in [0.15, 0.2) is 11.6 Å². The van der Waals surface area contributed by atoms with Crippen LogP contribution in [0.5, 0.6) is 0 Å². The second-order valence-corrected chi connectivity index (χ2v) is 6.86. The summed E-state index contributed by atoms with van der Waals surface area (Å²) >= 11 is 0. The quantitative estimate of drug-likeness (QED) is 0.625. The van der Waals surface area contributed by atoms with Crippen LogP contribution in [0.3, 0.4) is 0 Å². The van der Waals surface area contributed by atoms with Gasteiger partial charge in [0.05, 0.1) is 26.4 Å². The molecule has 0 aromatic carbocycles. The summed E-state index contributed by atoms with van der Waals surface area (Å²) in [4.78, 5) is 0. The Balaban J connectivity index is 1.54. The lowest BCUT2D eigenvalue weighted by molar-refractivity contribution is -0.222. The van der Waals surface area contributed by atoms with Crippen molar-refractivity contribution in [1.29, 1.82) is 0 Å². The minimum Gasteiger partial charge on any atom is -0.346 e. The van der Waals surface area contributed by atoms with Crippen molar-refractivity contribution in [3.8, 4) is 0 Å². The van der Waals surface area contributed by atoms with Gasteiger partial charge < -0.3 is 18.9 Å². The number of fused-ring (bicyclic) bond motifs is 4. The molecule has 4 nitrogen and oxygen atoms in total. The molecule has 0 unspecified atom stereocenters. The molecule has 2 heterocycles. The third-order valence-electron chi connectivity index (χ3n) is 6.49. The smallest absolute Gasteiger partial charge is 0.181 e. The van der Waals surface area contributed by atoms with Crippen LogP contribution in [0.25, 0.3) is 0 Å². The second-order valence-electron chi connectivity index (χ2n) is 6.86. The highest BCUT2D eigenvalue weighted by atomic mass is 16.7. The van der Waals surface area contributed by atoms with Gasteiger partial charge in [-0.15, -0.1) is 0 Å². The molecule has 0 amide bonds. The van der Waals surface area contributed by atoms with Crippen LogP contribution in [0, 0.1) is 35.5 Å². The molecule has 20 heavy (non-hydrogen) atoms. The molecule has 0 radical (unpaired) electrons. The van der Waals surface area contributed by atoms with Crippen molar-refractivity contribution in [2.75, 3.05) is 26.4 Å². The Hall–Kier alpha value is -0.680. The lowest BCUT2D eigenvalue weighted by atomic mass is 9.88. The van der Waals surface area contributed by atoms with E-state index in [1.54, 1.807) is 0 Å². The lowest BCUT2D eigenvalue weighted by Gasteiger charge is -2.35. The molecular formula is C16H18O4. The number of ether oxygens (including phenoxy) is 4. The molecule has 4 fully saturated rings. The maximum Gasteiger partial charge on any atom is 0.181 e. The predicted molar refractivity (Wildman–Crippen MR) is 68.5 cm³/mol. The fourth-order valence-electron chi connectivity index (χ4n) is 6.11. The lowest BCUT2D eigenvalue weighted by Crippen LogP contribution is -2.45. The van der Waals surface area contributed by atoms with Gasteiger partial charge in [-0.2, -0.15) is 0 Å². The van der Waals surface area contributed by atoms with Gasteiger partial charge in [-0.1, -0.05) is 24.3 Å². The highest BCUT2D eigenvalue weighted by Crippen LogP contribution is 2.72. The summed E-state index contributed by atoms with van der Waals surface area (Å²) in [7, 11) is 0. The first-order valence-electron chi connectivity index (χ1n) is 7.79. The summed E-state index contributed by atoms with van der Waals surface area (Å²) in [5, 5.41) is 0. The molecule has 2 spiro atoms. The van der Waals surface area contributed by atoms with E-state index in [1.807, 2.05) is 0 Å². The van der Waals surface area contributed by atoms with Crippen LogP contribution in [-0.4, -0.2) is 38.0 Å². The average Bonchev–Trinajstić information content (AvgIpc) is 3.21. The Morgan fingerprint density at radius 2 is 0.850 bits per heavy atom. The van der Waals surface area contributed by atoms with E-state index in [2.05, 4.69) is 24.3 Å². The van der Waals surface area contributed by atoms with E-state index in [0.717, 1.165) is 26.4 Å². The molecular weight excluding hydrogens is 256 g/mol. The van der Waals surface area contributed by atoms with Crippen LogP contribution in [0.2, 0.25) is 0 Å². The SMILES string of the molecule is C1=C[C@@H]2C3C4[C@H](C=C[C@@H]4C24OCCO4)C2(OCCO2)[C@H]13. The highest BCUT2D eigenvalue weighted by molar-refractivity contribution is 5.35. The molecule has 2 saturated heterocycles. The van der Waals surface area contributed by atoms with Crippen molar-refractivity contribution in [3.05, 3.63) is 24.3 Å². The normalized spacial score (nSPS) is 54.8. The van der Waals surface area contributed by atoms with E-state index >= 15 is 0 Å². The molecule has 4 aliphatic carbocycles. The summed E-state index contributed by atoms with van der Waals surface area (Å²) in [6.45, 7) is 2.90. The van der Waals surface area contributed by atoms with Gasteiger partial charge in [0.2, 0.25) is 0 Å². The monoisotopic (exact) mass is 274 g/mol. The fourth-order valence-corrected chi connectivity index (χ4v) is 6.11. The van der Waals surface area contributed by atoms with Gasteiger partial charge in [0.1, 0.15) is 0 Å². The minimum atomic E-state index is -0.397. The predicted octanol–water partition coefficient (Wildman–Crippen LogP) is 1.34. The minimum absolute atomic E-state index is 0.365. The molecule has 0 bridgehead atoms. The Morgan fingerprint density at radius 1 is 0.550 bits per heavy atom. The Kier molecular flexibility index (Phi) is 1.76. The van der Waals surface area contributed by atoms with Crippen molar-refractivity contribution in [2.24, 2.45) is 35.5 Å². The van der Waals surface area contributed by atoms with Crippen LogP contribution < -0.4 is 0 Å². The summed E-state index contributed by atoms with van der Waals surface area (Å²) < 4.78 is 24.6. The zero-order valence-electron chi connectivity index (χ0n) is 11.2. The summed E-state index contributed by atoms with van der Waals surface area (Å²) in [5.41, 5.74) is 0. The van der Waals surface area contributed by atoms with Gasteiger partial charge in [0.25, 0.3) is 0 Å². The van der Waals surface area contributed by atoms with Crippen molar-refractivity contribution in [2.45, 2.75) is 11.6 Å². The van der Waals surface area contributed by atoms with Crippen molar-refractivity contribution in [3.63, 3.8) is 0 Å². The van der Waals surface area contributed by atoms with E-state index in [1.165, 1.54) is 0 Å². The first-order valence-corrected chi connectivity index (χ1v) is 7.79. The summed E-state index contributed by atoms with van der Waals surface area (Å²) in [6, 6.07) is 0. The third-order valence-corrected chi connectivity index (χ3v) is 6.49. The molecule has 0 aromatic rings. The zero-order chi connectivity index (χ0) is 12.9. The molecule has 106 valence electrons. The molecule has 4 atom stereocenters. The molecule has 0 aromatic heterocycles. The molecule has 6 aliphatic rings. The third kappa shape index (κ3) is 0.907. The van der Waals surface area contributed by atoms with Crippen LogP contribution in [0.1, 0.15) is 0 Å². The Bertz CT molecular complexity index is 447. The largest absolute Gasteiger partial charge is 0.346 e. The molecule has 2 saturated carbocycles. The molecule has 4 heteroatoms. The Labute approximate surface area is 117 Å². The summed E-state index contributed by atoms with van der Waals surface area (Å²) in [6.07, 6.45) is 9.26. The Morgan fingerprint density at radius 3 is 1.15 bits per heavy atom. The second kappa shape index (κ2) is 3.22. The van der Waals surface area contributed by atoms with E-state index in [-0.39, 0.29) is 0 Å². The molecule has 6 rings (SSSR count). The van der Waals surface area contributed by atoms with Crippen molar-refractivity contribution < 1.29 is 18.9 Å². The number of hydrogen-bond acceptors (Lipinski definition) is 4. The van der Waals surface area contributed by atoms with Gasteiger partial charge in [-0.05, 0) is 11.8 Å². The van der Waals surface area contributed by atoms with E-state index < -0.39 is 11.6 Å². The standard InChI is InChI=1S/C16H18O4/c1-2-10-13-9(1)15(17-5-6-18-15)11-3-4-12(14(11)13)16(10)19-7-8-20-16/h1-4,9-14H,5-8H2/t9-,10-,11+,12+,13?,14?. The van der Waals surface area contributed by atoms with Crippen LogP contribution in [0.4, 0.5) is 0 Å². The van der Waals surface area contributed by atoms with E-state index in [4.69, 9.17) is 18.9 Å². The van der Waals surface area contributed by atoms with E-state index in [0.29, 0.717) is 35.5 Å². The fraction of sp³-hybridized carbons (Fsp3) is 0.750. The first-order chi connectivity index (χ1) is 9.87. The maximum atomic E-state index is 6.14. The van der Waals surface area contributed by atoms with Gasteiger partial charge in [-0.3, -0.25) is 0 Å². The highest BCUT2D eigenvalue weighted by Gasteiger charge is 2.77. The number of hydrogen-bond donors (Lipinski definition) is 0. The van der Waals surface area contributed by atoms with Crippen molar-refractivity contribution in [1.82, 2.24) is 0 Å². The topological polar surface area (TPSA) is 36.9 Å². The number of rotatable bonds is 0. The average molecular weight is 274 g/mol. The van der Waals surface area contributed by atoms with Crippen molar-refractivity contribution >= 4 is 0 Å². The van der Waals surface area contributed by atoms with Gasteiger partial charge in [-0.25, -0.2) is 0 Å². The van der Waals surface area contributed by atoms with Crippen LogP contribution >= 0.6 is 0 Å². The van der Waals surface area contributed by atoms with E-state index in [9.17, 15) is 0 Å². The maximum absolute atomic E-state index is 6.14. The van der Waals surface area contributed by atoms with Crippen LogP contribution in [0.15, 0.2) is 24.3 Å². The molecule has 2 aliphatic heterocycles. The van der Waals surface area contributed by atoms with Crippen LogP contribution in [-0.2, 0) is 18.9 Å². The first kappa shape index (κ1) is 11.0. The zero-order valence-corrected chi connectivity index (χ0v) is 11.2.